The number of furan rings is 1. The van der Waals surface area contributed by atoms with E-state index < -0.39 is 0 Å². The van der Waals surface area contributed by atoms with Crippen LogP contribution in [0.2, 0.25) is 0 Å². The lowest BCUT2D eigenvalue weighted by Crippen LogP contribution is -2.47. The fourth-order valence-corrected chi connectivity index (χ4v) is 3.25. The number of carbonyl (C=O) groups is 1. The minimum atomic E-state index is -0.320. The van der Waals surface area contributed by atoms with Gasteiger partial charge in [0.05, 0.1) is 6.61 Å². The van der Waals surface area contributed by atoms with Gasteiger partial charge in [0.1, 0.15) is 23.9 Å². The molecule has 6 nitrogen and oxygen atoms in total. The van der Waals surface area contributed by atoms with Crippen LogP contribution < -0.4 is 15.4 Å². The maximum absolute atomic E-state index is 12.9. The van der Waals surface area contributed by atoms with Crippen molar-refractivity contribution in [2.75, 3.05) is 33.4 Å². The Morgan fingerprint density at radius 3 is 2.61 bits per heavy atom. The van der Waals surface area contributed by atoms with Gasteiger partial charge < -0.3 is 24.5 Å². The normalized spacial score (nSPS) is 15.5. The number of rotatable bonds is 8. The molecule has 1 saturated heterocycles. The first-order chi connectivity index (χ1) is 13.1. The zero-order chi connectivity index (χ0) is 19.1. The summed E-state index contributed by atoms with van der Waals surface area (Å²) in [6.45, 7) is 3.17. The summed E-state index contributed by atoms with van der Waals surface area (Å²) in [7, 11) is 1.69. The molecule has 0 atom stereocenters. The molecular formula is C20H26ClFN2O4. The summed E-state index contributed by atoms with van der Waals surface area (Å²) < 4.78 is 29.4. The van der Waals surface area contributed by atoms with Crippen LogP contribution >= 0.6 is 12.4 Å². The fourth-order valence-electron chi connectivity index (χ4n) is 3.25. The summed E-state index contributed by atoms with van der Waals surface area (Å²) >= 11 is 0. The zero-order valence-electron chi connectivity index (χ0n) is 15.8. The van der Waals surface area contributed by atoms with Crippen molar-refractivity contribution >= 4 is 18.3 Å². The highest BCUT2D eigenvalue weighted by Gasteiger charge is 2.32. The molecule has 1 amide bonds. The molecule has 1 aliphatic rings. The first kappa shape index (κ1) is 22.2. The van der Waals surface area contributed by atoms with Crippen LogP contribution in [-0.4, -0.2) is 39.3 Å². The number of carbonyl (C=O) groups excluding carboxylic acids is 1. The molecule has 2 N–H and O–H groups in total. The molecule has 1 aliphatic heterocycles. The maximum Gasteiger partial charge on any atom is 0.287 e. The fraction of sp³-hybridized carbons (Fsp3) is 0.450. The molecule has 0 unspecified atom stereocenters. The molecule has 3 rings (SSSR count). The minimum absolute atomic E-state index is 0. The van der Waals surface area contributed by atoms with Crippen molar-refractivity contribution in [3.8, 4) is 5.75 Å². The van der Waals surface area contributed by atoms with Crippen LogP contribution in [0.25, 0.3) is 0 Å². The van der Waals surface area contributed by atoms with Crippen LogP contribution in [0, 0.1) is 11.2 Å². The van der Waals surface area contributed by atoms with Crippen LogP contribution in [0.3, 0.4) is 0 Å². The standard InChI is InChI=1S/C20H25FN2O4.ClH/c1-25-14-20(8-10-22-11-9-20)13-23-19(24)18-7-6-17(27-18)12-26-16-4-2-15(21)3-5-16;/h2-7,22H,8-14H2,1H3,(H,23,24);1H. The van der Waals surface area contributed by atoms with Gasteiger partial charge in [-0.25, -0.2) is 4.39 Å². The smallest absolute Gasteiger partial charge is 0.287 e. The number of ether oxygens (including phenoxy) is 2. The van der Waals surface area contributed by atoms with E-state index >= 15 is 0 Å². The van der Waals surface area contributed by atoms with Crippen LogP contribution in [0.5, 0.6) is 5.75 Å². The summed E-state index contributed by atoms with van der Waals surface area (Å²) in [5.74, 6) is 0.731. The Balaban J connectivity index is 0.00000280. The summed E-state index contributed by atoms with van der Waals surface area (Å²) in [6, 6.07) is 9.07. The molecule has 1 aromatic heterocycles. The lowest BCUT2D eigenvalue weighted by molar-refractivity contribution is 0.0505. The highest BCUT2D eigenvalue weighted by atomic mass is 35.5. The van der Waals surface area contributed by atoms with E-state index in [0.717, 1.165) is 25.9 Å². The van der Waals surface area contributed by atoms with Crippen LogP contribution in [0.4, 0.5) is 4.39 Å². The van der Waals surface area contributed by atoms with Gasteiger partial charge in [-0.05, 0) is 62.3 Å². The Hall–Kier alpha value is -2.09. The molecular weight excluding hydrogens is 387 g/mol. The summed E-state index contributed by atoms with van der Waals surface area (Å²) in [4.78, 5) is 12.4. The Labute approximate surface area is 170 Å². The van der Waals surface area contributed by atoms with Crippen molar-refractivity contribution in [1.29, 1.82) is 0 Å². The van der Waals surface area contributed by atoms with Crippen molar-refractivity contribution in [3.63, 3.8) is 0 Å². The van der Waals surface area contributed by atoms with Gasteiger partial charge >= 0.3 is 0 Å². The number of hydrogen-bond donors (Lipinski definition) is 2. The number of piperidine rings is 1. The second-order valence-electron chi connectivity index (χ2n) is 6.87. The van der Waals surface area contributed by atoms with Gasteiger partial charge in [0.25, 0.3) is 5.91 Å². The van der Waals surface area contributed by atoms with Crippen LogP contribution in [0.15, 0.2) is 40.8 Å². The number of methoxy groups -OCH3 is 1. The van der Waals surface area contributed by atoms with Gasteiger partial charge in [-0.3, -0.25) is 4.79 Å². The summed E-state index contributed by atoms with van der Waals surface area (Å²) in [6.07, 6.45) is 1.91. The van der Waals surface area contributed by atoms with Crippen molar-refractivity contribution in [2.24, 2.45) is 5.41 Å². The summed E-state index contributed by atoms with van der Waals surface area (Å²) in [5, 5.41) is 6.29. The molecule has 1 fully saturated rings. The molecule has 8 heteroatoms. The van der Waals surface area contributed by atoms with E-state index in [1.807, 2.05) is 0 Å². The topological polar surface area (TPSA) is 72.7 Å². The summed E-state index contributed by atoms with van der Waals surface area (Å²) in [5.41, 5.74) is -0.0449. The monoisotopic (exact) mass is 412 g/mol. The predicted molar refractivity (Wildman–Crippen MR) is 105 cm³/mol. The average Bonchev–Trinajstić information content (AvgIpc) is 3.16. The number of halogens is 2. The van der Waals surface area contributed by atoms with Gasteiger partial charge in [0, 0.05) is 19.1 Å². The predicted octanol–water partition coefficient (Wildman–Crippen LogP) is 3.17. The van der Waals surface area contributed by atoms with E-state index in [1.54, 1.807) is 31.4 Å². The molecule has 0 saturated carbocycles. The van der Waals surface area contributed by atoms with E-state index in [4.69, 9.17) is 13.9 Å². The Morgan fingerprint density at radius 2 is 1.93 bits per heavy atom. The van der Waals surface area contributed by atoms with E-state index in [0.29, 0.717) is 24.7 Å². The molecule has 28 heavy (non-hydrogen) atoms. The quantitative estimate of drug-likeness (QED) is 0.696. The van der Waals surface area contributed by atoms with Crippen molar-refractivity contribution in [3.05, 3.63) is 53.7 Å². The lowest BCUT2D eigenvalue weighted by atomic mass is 9.79. The maximum atomic E-state index is 12.9. The van der Waals surface area contributed by atoms with Crippen molar-refractivity contribution < 1.29 is 23.1 Å². The largest absolute Gasteiger partial charge is 0.486 e. The van der Waals surface area contributed by atoms with Gasteiger partial charge in [-0.1, -0.05) is 0 Å². The molecule has 2 heterocycles. The molecule has 0 radical (unpaired) electrons. The Bertz CT molecular complexity index is 739. The average molecular weight is 413 g/mol. The molecule has 0 bridgehead atoms. The van der Waals surface area contributed by atoms with Gasteiger partial charge in [-0.15, -0.1) is 12.4 Å². The molecule has 2 aromatic rings. The molecule has 154 valence electrons. The van der Waals surface area contributed by atoms with Gasteiger partial charge in [0.15, 0.2) is 5.76 Å². The third kappa shape index (κ3) is 5.95. The minimum Gasteiger partial charge on any atom is -0.486 e. The lowest BCUT2D eigenvalue weighted by Gasteiger charge is -2.37. The third-order valence-corrected chi connectivity index (χ3v) is 4.82. The van der Waals surface area contributed by atoms with Crippen LogP contribution in [0.1, 0.15) is 29.2 Å². The highest BCUT2D eigenvalue weighted by molar-refractivity contribution is 5.91. The first-order valence-electron chi connectivity index (χ1n) is 9.05. The SMILES string of the molecule is COCC1(CNC(=O)c2ccc(COc3ccc(F)cc3)o2)CCNCC1.Cl. The molecule has 1 aromatic carbocycles. The van der Waals surface area contributed by atoms with Crippen molar-refractivity contribution in [2.45, 2.75) is 19.4 Å². The van der Waals surface area contributed by atoms with E-state index in [-0.39, 0.29) is 41.9 Å². The first-order valence-corrected chi connectivity index (χ1v) is 9.05. The number of benzene rings is 1. The number of hydrogen-bond acceptors (Lipinski definition) is 5. The second kappa shape index (κ2) is 10.5. The Kier molecular flexibility index (Phi) is 8.29. The van der Waals surface area contributed by atoms with Crippen molar-refractivity contribution in [1.82, 2.24) is 10.6 Å². The molecule has 0 spiro atoms. The number of amides is 1. The zero-order valence-corrected chi connectivity index (χ0v) is 16.6. The van der Waals surface area contributed by atoms with Gasteiger partial charge in [-0.2, -0.15) is 0 Å². The molecule has 0 aliphatic carbocycles. The van der Waals surface area contributed by atoms with E-state index in [9.17, 15) is 9.18 Å². The van der Waals surface area contributed by atoms with Crippen LogP contribution in [-0.2, 0) is 11.3 Å². The second-order valence-corrected chi connectivity index (χ2v) is 6.87. The Morgan fingerprint density at radius 1 is 1.21 bits per heavy atom. The third-order valence-electron chi connectivity index (χ3n) is 4.82. The van der Waals surface area contributed by atoms with E-state index in [1.165, 1.54) is 12.1 Å². The highest BCUT2D eigenvalue weighted by Crippen LogP contribution is 2.28. The number of nitrogens with one attached hydrogen (secondary N) is 2. The van der Waals surface area contributed by atoms with E-state index in [2.05, 4.69) is 10.6 Å². The van der Waals surface area contributed by atoms with Gasteiger partial charge in [0.2, 0.25) is 0 Å².